The number of aromatic amines is 1. The Hall–Kier alpha value is -2.21. The molecule has 0 spiro atoms. The Labute approximate surface area is 122 Å². The van der Waals surface area contributed by atoms with Crippen LogP contribution in [-0.4, -0.2) is 34.3 Å². The topological polar surface area (TPSA) is 79.9 Å². The van der Waals surface area contributed by atoms with Gasteiger partial charge in [0.2, 0.25) is 0 Å². The summed E-state index contributed by atoms with van der Waals surface area (Å²) in [6, 6.07) is 5.50. The molecule has 3 heterocycles. The highest BCUT2D eigenvalue weighted by molar-refractivity contribution is 5.95. The molecule has 0 bridgehead atoms. The van der Waals surface area contributed by atoms with E-state index < -0.39 is 0 Å². The van der Waals surface area contributed by atoms with Gasteiger partial charge in [-0.05, 0) is 25.5 Å². The van der Waals surface area contributed by atoms with Crippen molar-refractivity contribution in [2.24, 2.45) is 0 Å². The van der Waals surface area contributed by atoms with E-state index in [2.05, 4.69) is 20.5 Å². The second-order valence-electron chi connectivity index (χ2n) is 5.21. The van der Waals surface area contributed by atoms with Crippen LogP contribution in [0.2, 0.25) is 0 Å². The van der Waals surface area contributed by atoms with Crippen molar-refractivity contribution in [2.45, 2.75) is 25.3 Å². The van der Waals surface area contributed by atoms with E-state index in [0.29, 0.717) is 12.2 Å². The number of nitrogens with one attached hydrogen (secondary N) is 2. The van der Waals surface area contributed by atoms with Crippen LogP contribution in [0.3, 0.4) is 0 Å². The molecule has 1 saturated heterocycles. The number of amides is 1. The molecule has 0 radical (unpaired) electrons. The molecule has 2 aromatic rings. The highest BCUT2D eigenvalue weighted by Crippen LogP contribution is 2.26. The second kappa shape index (κ2) is 6.05. The lowest BCUT2D eigenvalue weighted by Crippen LogP contribution is -2.28. The normalized spacial score (nSPS) is 19.4. The Bertz CT molecular complexity index is 605. The molecule has 2 atom stereocenters. The van der Waals surface area contributed by atoms with Crippen LogP contribution in [0.15, 0.2) is 30.6 Å². The number of hydrogen-bond donors (Lipinski definition) is 2. The average molecular weight is 286 g/mol. The fourth-order valence-electron chi connectivity index (χ4n) is 2.53. The minimum atomic E-state index is -0.152. The van der Waals surface area contributed by atoms with Gasteiger partial charge in [0.25, 0.3) is 5.91 Å². The SMILES string of the molecule is C[C@@H](NC(=O)c1cn[nH]c1[C@@H]1CCOC1)c1ccccn1. The fraction of sp³-hybridized carbons (Fsp3) is 0.400. The summed E-state index contributed by atoms with van der Waals surface area (Å²) in [6.45, 7) is 3.28. The smallest absolute Gasteiger partial charge is 0.255 e. The zero-order chi connectivity index (χ0) is 14.7. The molecule has 0 aliphatic carbocycles. The van der Waals surface area contributed by atoms with Crippen molar-refractivity contribution in [3.05, 3.63) is 47.5 Å². The first-order valence-electron chi connectivity index (χ1n) is 7.08. The molecule has 6 nitrogen and oxygen atoms in total. The van der Waals surface area contributed by atoms with Gasteiger partial charge < -0.3 is 10.1 Å². The van der Waals surface area contributed by atoms with Crippen LogP contribution in [0.4, 0.5) is 0 Å². The van der Waals surface area contributed by atoms with Crippen LogP contribution in [-0.2, 0) is 4.74 Å². The number of ether oxygens (including phenoxy) is 1. The molecule has 6 heteroatoms. The van der Waals surface area contributed by atoms with Gasteiger partial charge in [0.1, 0.15) is 0 Å². The molecule has 0 aromatic carbocycles. The molecule has 3 rings (SSSR count). The van der Waals surface area contributed by atoms with Crippen LogP contribution in [0.25, 0.3) is 0 Å². The molecule has 1 fully saturated rings. The maximum Gasteiger partial charge on any atom is 0.255 e. The van der Waals surface area contributed by atoms with Crippen LogP contribution in [0.5, 0.6) is 0 Å². The standard InChI is InChI=1S/C15H18N4O2/c1-10(13-4-2-3-6-16-13)18-15(20)12-8-17-19-14(12)11-5-7-21-9-11/h2-4,6,8,10-11H,5,7,9H2,1H3,(H,17,19)(H,18,20)/t10-,11-/m1/s1. The lowest BCUT2D eigenvalue weighted by Gasteiger charge is -2.14. The van der Waals surface area contributed by atoms with E-state index in [0.717, 1.165) is 24.4 Å². The maximum absolute atomic E-state index is 12.4. The maximum atomic E-state index is 12.4. The third kappa shape index (κ3) is 2.95. The summed E-state index contributed by atoms with van der Waals surface area (Å²) in [5.41, 5.74) is 2.28. The van der Waals surface area contributed by atoms with Crippen LogP contribution < -0.4 is 5.32 Å². The van der Waals surface area contributed by atoms with Crippen molar-refractivity contribution in [3.8, 4) is 0 Å². The molecular weight excluding hydrogens is 268 g/mol. The van der Waals surface area contributed by atoms with Gasteiger partial charge in [0.15, 0.2) is 0 Å². The first-order valence-corrected chi connectivity index (χ1v) is 7.08. The lowest BCUT2D eigenvalue weighted by molar-refractivity contribution is 0.0937. The van der Waals surface area contributed by atoms with E-state index >= 15 is 0 Å². The van der Waals surface area contributed by atoms with Crippen molar-refractivity contribution in [1.29, 1.82) is 0 Å². The van der Waals surface area contributed by atoms with Crippen molar-refractivity contribution in [1.82, 2.24) is 20.5 Å². The minimum Gasteiger partial charge on any atom is -0.381 e. The zero-order valence-corrected chi connectivity index (χ0v) is 11.9. The first-order chi connectivity index (χ1) is 10.3. The Balaban J connectivity index is 1.72. The van der Waals surface area contributed by atoms with Crippen molar-refractivity contribution in [2.75, 3.05) is 13.2 Å². The number of pyridine rings is 1. The van der Waals surface area contributed by atoms with E-state index in [1.54, 1.807) is 12.4 Å². The molecule has 0 unspecified atom stereocenters. The quantitative estimate of drug-likeness (QED) is 0.898. The molecule has 110 valence electrons. The fourth-order valence-corrected chi connectivity index (χ4v) is 2.53. The van der Waals surface area contributed by atoms with Crippen molar-refractivity contribution >= 4 is 5.91 Å². The Morgan fingerprint density at radius 3 is 3.14 bits per heavy atom. The molecule has 0 saturated carbocycles. The van der Waals surface area contributed by atoms with E-state index in [-0.39, 0.29) is 17.9 Å². The average Bonchev–Trinajstić information content (AvgIpc) is 3.18. The van der Waals surface area contributed by atoms with E-state index in [4.69, 9.17) is 4.74 Å². The molecular formula is C15H18N4O2. The second-order valence-corrected chi connectivity index (χ2v) is 5.21. The van der Waals surface area contributed by atoms with Crippen molar-refractivity contribution in [3.63, 3.8) is 0 Å². The van der Waals surface area contributed by atoms with E-state index in [9.17, 15) is 4.79 Å². The summed E-state index contributed by atoms with van der Waals surface area (Å²) < 4.78 is 5.38. The highest BCUT2D eigenvalue weighted by Gasteiger charge is 2.25. The third-order valence-corrected chi connectivity index (χ3v) is 3.73. The van der Waals surface area contributed by atoms with Crippen LogP contribution >= 0.6 is 0 Å². The highest BCUT2D eigenvalue weighted by atomic mass is 16.5. The third-order valence-electron chi connectivity index (χ3n) is 3.73. The Morgan fingerprint density at radius 2 is 2.43 bits per heavy atom. The van der Waals surface area contributed by atoms with Gasteiger partial charge in [-0.3, -0.25) is 14.9 Å². The predicted molar refractivity (Wildman–Crippen MR) is 76.9 cm³/mol. The number of H-pyrrole nitrogens is 1. The van der Waals surface area contributed by atoms with Crippen LogP contribution in [0.1, 0.15) is 47.1 Å². The number of carbonyl (C=O) groups is 1. The monoisotopic (exact) mass is 286 g/mol. The van der Waals surface area contributed by atoms with Gasteiger partial charge in [-0.2, -0.15) is 5.10 Å². The number of rotatable bonds is 4. The van der Waals surface area contributed by atoms with Gasteiger partial charge in [0.05, 0.1) is 35.8 Å². The minimum absolute atomic E-state index is 0.135. The summed E-state index contributed by atoms with van der Waals surface area (Å²) in [4.78, 5) is 16.7. The van der Waals surface area contributed by atoms with Gasteiger partial charge in [-0.15, -0.1) is 0 Å². The summed E-state index contributed by atoms with van der Waals surface area (Å²) in [7, 11) is 0. The number of nitrogens with zero attached hydrogens (tertiary/aromatic N) is 2. The van der Waals surface area contributed by atoms with Crippen LogP contribution in [0, 0.1) is 0 Å². The summed E-state index contributed by atoms with van der Waals surface area (Å²) in [6.07, 6.45) is 4.21. The number of carbonyl (C=O) groups excluding carboxylic acids is 1. The van der Waals surface area contributed by atoms with Gasteiger partial charge in [-0.1, -0.05) is 6.07 Å². The molecule has 1 amide bonds. The molecule has 2 N–H and O–H groups in total. The predicted octanol–water partition coefficient (Wildman–Crippen LogP) is 1.80. The largest absolute Gasteiger partial charge is 0.381 e. The lowest BCUT2D eigenvalue weighted by atomic mass is 10.0. The van der Waals surface area contributed by atoms with E-state index in [1.165, 1.54) is 0 Å². The Kier molecular flexibility index (Phi) is 3.96. The van der Waals surface area contributed by atoms with Crippen molar-refractivity contribution < 1.29 is 9.53 Å². The Morgan fingerprint density at radius 1 is 1.52 bits per heavy atom. The van der Waals surface area contributed by atoms with Gasteiger partial charge >= 0.3 is 0 Å². The summed E-state index contributed by atoms with van der Waals surface area (Å²) in [5, 5.41) is 9.91. The van der Waals surface area contributed by atoms with Gasteiger partial charge in [-0.25, -0.2) is 0 Å². The molecule has 1 aliphatic rings. The summed E-state index contributed by atoms with van der Waals surface area (Å²) >= 11 is 0. The zero-order valence-electron chi connectivity index (χ0n) is 11.9. The number of aromatic nitrogens is 3. The van der Waals surface area contributed by atoms with Gasteiger partial charge in [0, 0.05) is 18.7 Å². The molecule has 2 aromatic heterocycles. The molecule has 21 heavy (non-hydrogen) atoms. The summed E-state index contributed by atoms with van der Waals surface area (Å²) in [5.74, 6) is 0.0854. The van der Waals surface area contributed by atoms with E-state index in [1.807, 2.05) is 25.1 Å². The molecule has 1 aliphatic heterocycles. The number of hydrogen-bond acceptors (Lipinski definition) is 4. The first kappa shape index (κ1) is 13.8.